The fourth-order valence-electron chi connectivity index (χ4n) is 1.16. The second-order valence-electron chi connectivity index (χ2n) is 2.39. The van der Waals surface area contributed by atoms with Gasteiger partial charge in [0.15, 0.2) is 0 Å². The van der Waals surface area contributed by atoms with Crippen molar-refractivity contribution in [3.8, 4) is 0 Å². The summed E-state index contributed by atoms with van der Waals surface area (Å²) in [5.41, 5.74) is 7.13. The van der Waals surface area contributed by atoms with Crippen LogP contribution in [0, 0.1) is 0 Å². The maximum Gasteiger partial charge on any atom is 0.0208 e. The number of nitrogens with one attached hydrogen (secondary N) is 1. The fourth-order valence-corrected chi connectivity index (χ4v) is 1.16. The predicted octanol–water partition coefficient (Wildman–Crippen LogP) is 1.22. The number of nitrogens with two attached hydrogens (primary N) is 1. The molecule has 0 fully saturated rings. The third kappa shape index (κ3) is 3.03. The molecular weight excluding hydrogens is 148 g/mol. The highest BCUT2D eigenvalue weighted by Gasteiger charge is 2.05. The molecule has 1 heterocycles. The summed E-state index contributed by atoms with van der Waals surface area (Å²) in [6, 6.07) is 0. The average molecular weight is 166 g/mol. The SMILES string of the molecule is C=CC1=C(C=C)CNCC1.CN. The summed E-state index contributed by atoms with van der Waals surface area (Å²) >= 11 is 0. The molecular formula is C10H18N2. The quantitative estimate of drug-likeness (QED) is 0.647. The molecule has 0 saturated carbocycles. The van der Waals surface area contributed by atoms with Gasteiger partial charge in [0.25, 0.3) is 0 Å². The van der Waals surface area contributed by atoms with Gasteiger partial charge in [-0.1, -0.05) is 25.3 Å². The van der Waals surface area contributed by atoms with Crippen molar-refractivity contribution >= 4 is 0 Å². The molecule has 1 rings (SSSR count). The highest BCUT2D eigenvalue weighted by molar-refractivity contribution is 5.34. The Kier molecular flexibility index (Phi) is 6.34. The average Bonchev–Trinajstić information content (AvgIpc) is 2.20. The van der Waals surface area contributed by atoms with Crippen LogP contribution in [0.3, 0.4) is 0 Å². The number of allylic oxidation sites excluding steroid dienone is 1. The summed E-state index contributed by atoms with van der Waals surface area (Å²) in [7, 11) is 1.50. The van der Waals surface area contributed by atoms with Gasteiger partial charge >= 0.3 is 0 Å². The number of hydrogen-bond donors (Lipinski definition) is 2. The summed E-state index contributed by atoms with van der Waals surface area (Å²) in [6.07, 6.45) is 4.92. The van der Waals surface area contributed by atoms with E-state index in [1.807, 2.05) is 12.2 Å². The van der Waals surface area contributed by atoms with E-state index in [4.69, 9.17) is 0 Å². The van der Waals surface area contributed by atoms with E-state index >= 15 is 0 Å². The molecule has 2 nitrogen and oxygen atoms in total. The maximum absolute atomic E-state index is 4.50. The Labute approximate surface area is 74.8 Å². The second kappa shape index (κ2) is 6.83. The molecule has 0 amide bonds. The monoisotopic (exact) mass is 166 g/mol. The van der Waals surface area contributed by atoms with Gasteiger partial charge in [-0.3, -0.25) is 0 Å². The molecule has 0 aromatic heterocycles. The molecule has 0 aromatic carbocycles. The van der Waals surface area contributed by atoms with Crippen molar-refractivity contribution < 1.29 is 0 Å². The maximum atomic E-state index is 4.50. The molecule has 0 saturated heterocycles. The first kappa shape index (κ1) is 11.1. The molecule has 1 aliphatic rings. The summed E-state index contributed by atoms with van der Waals surface area (Å²) in [6.45, 7) is 9.50. The van der Waals surface area contributed by atoms with E-state index < -0.39 is 0 Å². The molecule has 3 N–H and O–H groups in total. The van der Waals surface area contributed by atoms with Crippen LogP contribution in [-0.2, 0) is 0 Å². The van der Waals surface area contributed by atoms with E-state index in [0.717, 1.165) is 19.5 Å². The van der Waals surface area contributed by atoms with Gasteiger partial charge in [0.05, 0.1) is 0 Å². The first-order chi connectivity index (χ1) is 5.88. The van der Waals surface area contributed by atoms with Crippen LogP contribution in [0.4, 0.5) is 0 Å². The van der Waals surface area contributed by atoms with Gasteiger partial charge in [0.2, 0.25) is 0 Å². The van der Waals surface area contributed by atoms with Gasteiger partial charge in [-0.25, -0.2) is 0 Å². The van der Waals surface area contributed by atoms with Gasteiger partial charge in [-0.2, -0.15) is 0 Å². The van der Waals surface area contributed by atoms with Crippen LogP contribution in [0.5, 0.6) is 0 Å². The molecule has 68 valence electrons. The van der Waals surface area contributed by atoms with Crippen molar-refractivity contribution in [3.05, 3.63) is 36.5 Å². The Morgan fingerprint density at radius 3 is 2.25 bits per heavy atom. The van der Waals surface area contributed by atoms with Crippen molar-refractivity contribution in [1.82, 2.24) is 5.32 Å². The molecule has 0 atom stereocenters. The van der Waals surface area contributed by atoms with E-state index in [1.54, 1.807) is 0 Å². The Morgan fingerprint density at radius 2 is 1.83 bits per heavy atom. The zero-order valence-corrected chi connectivity index (χ0v) is 7.77. The predicted molar refractivity (Wildman–Crippen MR) is 55.0 cm³/mol. The van der Waals surface area contributed by atoms with E-state index in [0.29, 0.717) is 0 Å². The lowest BCUT2D eigenvalue weighted by Gasteiger charge is -2.15. The first-order valence-corrected chi connectivity index (χ1v) is 4.14. The Balaban J connectivity index is 0.000000561. The van der Waals surface area contributed by atoms with Crippen molar-refractivity contribution in [3.63, 3.8) is 0 Å². The molecule has 2 heteroatoms. The normalized spacial score (nSPS) is 16.2. The molecule has 0 unspecified atom stereocenters. The minimum absolute atomic E-state index is 0.949. The highest BCUT2D eigenvalue weighted by Crippen LogP contribution is 2.13. The fraction of sp³-hybridized carbons (Fsp3) is 0.400. The minimum atomic E-state index is 0.949. The summed E-state index contributed by atoms with van der Waals surface area (Å²) in [5.74, 6) is 0. The van der Waals surface area contributed by atoms with Crippen molar-refractivity contribution in [2.24, 2.45) is 5.73 Å². The largest absolute Gasteiger partial charge is 0.333 e. The molecule has 0 spiro atoms. The van der Waals surface area contributed by atoms with Crippen LogP contribution >= 0.6 is 0 Å². The van der Waals surface area contributed by atoms with Crippen molar-refractivity contribution in [2.45, 2.75) is 6.42 Å². The first-order valence-electron chi connectivity index (χ1n) is 4.14. The lowest BCUT2D eigenvalue weighted by Crippen LogP contribution is -2.23. The van der Waals surface area contributed by atoms with Crippen molar-refractivity contribution in [1.29, 1.82) is 0 Å². The third-order valence-electron chi connectivity index (χ3n) is 1.79. The Bertz CT molecular complexity index is 160. The third-order valence-corrected chi connectivity index (χ3v) is 1.79. The van der Waals surface area contributed by atoms with Gasteiger partial charge < -0.3 is 11.1 Å². The van der Waals surface area contributed by atoms with E-state index in [2.05, 4.69) is 24.2 Å². The smallest absolute Gasteiger partial charge is 0.0208 e. The van der Waals surface area contributed by atoms with Crippen LogP contribution in [0.1, 0.15) is 6.42 Å². The molecule has 0 radical (unpaired) electrons. The summed E-state index contributed by atoms with van der Waals surface area (Å²) < 4.78 is 0. The topological polar surface area (TPSA) is 38.0 Å². The Hall–Kier alpha value is -0.860. The lowest BCUT2D eigenvalue weighted by atomic mass is 10.0. The van der Waals surface area contributed by atoms with Gasteiger partial charge in [0.1, 0.15) is 0 Å². The van der Waals surface area contributed by atoms with Crippen LogP contribution < -0.4 is 11.1 Å². The zero-order chi connectivity index (χ0) is 9.40. The van der Waals surface area contributed by atoms with Crippen LogP contribution in [0.15, 0.2) is 36.5 Å². The number of hydrogen-bond acceptors (Lipinski definition) is 2. The standard InChI is InChI=1S/C9H13N.CH5N/c1-3-8-5-6-10-7-9(8)4-2;1-2/h3-4,10H,1-2,5-7H2;2H2,1H3. The minimum Gasteiger partial charge on any atom is -0.333 e. The zero-order valence-electron chi connectivity index (χ0n) is 7.77. The molecule has 0 aliphatic carbocycles. The van der Waals surface area contributed by atoms with Crippen molar-refractivity contribution in [2.75, 3.05) is 20.1 Å². The Morgan fingerprint density at radius 1 is 1.25 bits per heavy atom. The van der Waals surface area contributed by atoms with Crippen LogP contribution in [-0.4, -0.2) is 20.1 Å². The van der Waals surface area contributed by atoms with Crippen LogP contribution in [0.25, 0.3) is 0 Å². The van der Waals surface area contributed by atoms with Crippen LogP contribution in [0.2, 0.25) is 0 Å². The molecule has 1 aliphatic heterocycles. The van der Waals surface area contributed by atoms with E-state index in [-0.39, 0.29) is 0 Å². The molecule has 0 aromatic rings. The lowest BCUT2D eigenvalue weighted by molar-refractivity contribution is 0.696. The van der Waals surface area contributed by atoms with E-state index in [9.17, 15) is 0 Å². The van der Waals surface area contributed by atoms with Gasteiger partial charge in [-0.05, 0) is 31.2 Å². The second-order valence-corrected chi connectivity index (χ2v) is 2.39. The van der Waals surface area contributed by atoms with Gasteiger partial charge in [-0.15, -0.1) is 0 Å². The highest BCUT2D eigenvalue weighted by atomic mass is 14.9. The number of rotatable bonds is 2. The van der Waals surface area contributed by atoms with Gasteiger partial charge in [0, 0.05) is 6.54 Å². The molecule has 12 heavy (non-hydrogen) atoms. The van der Waals surface area contributed by atoms with E-state index in [1.165, 1.54) is 18.2 Å². The summed E-state index contributed by atoms with van der Waals surface area (Å²) in [5, 5.41) is 3.27. The molecule has 0 bridgehead atoms. The summed E-state index contributed by atoms with van der Waals surface area (Å²) in [4.78, 5) is 0.